The normalized spacial score (nSPS) is 10.3. The second kappa shape index (κ2) is 4.79. The van der Waals surface area contributed by atoms with Crippen LogP contribution in [0, 0.1) is 0 Å². The highest BCUT2D eigenvalue weighted by molar-refractivity contribution is 5.92. The van der Waals surface area contributed by atoms with Crippen LogP contribution >= 0.6 is 0 Å². The van der Waals surface area contributed by atoms with E-state index in [-0.39, 0.29) is 18.2 Å². The maximum atomic E-state index is 12.0. The molecule has 1 amide bonds. The number of benzene rings is 1. The van der Waals surface area contributed by atoms with Crippen LogP contribution in [0.25, 0.3) is 0 Å². The van der Waals surface area contributed by atoms with Crippen LogP contribution in [-0.4, -0.2) is 27.8 Å². The van der Waals surface area contributed by atoms with Gasteiger partial charge in [0, 0.05) is 25.0 Å². The number of amides is 1. The van der Waals surface area contributed by atoms with Crippen LogP contribution in [-0.2, 0) is 11.3 Å². The summed E-state index contributed by atoms with van der Waals surface area (Å²) in [6.45, 7) is 0.101. The molecule has 3 N–H and O–H groups in total. The van der Waals surface area contributed by atoms with E-state index in [0.717, 1.165) is 0 Å². The molecule has 0 radical (unpaired) electrons. The van der Waals surface area contributed by atoms with E-state index in [0.29, 0.717) is 11.4 Å². The topological polar surface area (TPSA) is 84.4 Å². The lowest BCUT2D eigenvalue weighted by Crippen LogP contribution is -2.30. The summed E-state index contributed by atoms with van der Waals surface area (Å²) in [6.07, 6.45) is 3.08. The highest BCUT2D eigenvalue weighted by Crippen LogP contribution is 2.19. The van der Waals surface area contributed by atoms with Crippen molar-refractivity contribution < 1.29 is 9.90 Å². The first-order valence-electron chi connectivity index (χ1n) is 5.40. The minimum Gasteiger partial charge on any atom is -0.508 e. The largest absolute Gasteiger partial charge is 0.508 e. The number of carbonyl (C=O) groups excluding carboxylic acids is 1. The van der Waals surface area contributed by atoms with Crippen LogP contribution in [0.4, 0.5) is 11.4 Å². The first kappa shape index (κ1) is 12.0. The van der Waals surface area contributed by atoms with Gasteiger partial charge in [0.05, 0.1) is 11.9 Å². The molecule has 0 unspecified atom stereocenters. The molecule has 0 aliphatic rings. The lowest BCUT2D eigenvalue weighted by Gasteiger charge is -2.17. The fourth-order valence-electron chi connectivity index (χ4n) is 1.56. The van der Waals surface area contributed by atoms with Gasteiger partial charge in [-0.2, -0.15) is 5.10 Å². The van der Waals surface area contributed by atoms with Crippen molar-refractivity contribution in [1.29, 1.82) is 0 Å². The number of hydrogen-bond acceptors (Lipinski definition) is 4. The number of aromatic hydroxyl groups is 1. The third-order valence-corrected chi connectivity index (χ3v) is 2.54. The molecule has 1 heterocycles. The molecule has 94 valence electrons. The summed E-state index contributed by atoms with van der Waals surface area (Å²) < 4.78 is 1.47. The van der Waals surface area contributed by atoms with Crippen molar-refractivity contribution in [3.63, 3.8) is 0 Å². The predicted molar refractivity (Wildman–Crippen MR) is 68.2 cm³/mol. The Labute approximate surface area is 104 Å². The van der Waals surface area contributed by atoms with Crippen molar-refractivity contribution in [2.24, 2.45) is 0 Å². The average molecular weight is 246 g/mol. The summed E-state index contributed by atoms with van der Waals surface area (Å²) in [6, 6.07) is 6.50. The lowest BCUT2D eigenvalue weighted by atomic mass is 10.3. The molecule has 0 bridgehead atoms. The SMILES string of the molecule is CN(C(=O)Cn1cc(N)cn1)c1cccc(O)c1. The van der Waals surface area contributed by atoms with E-state index < -0.39 is 0 Å². The highest BCUT2D eigenvalue weighted by Gasteiger charge is 2.12. The summed E-state index contributed by atoms with van der Waals surface area (Å²) in [5.41, 5.74) is 6.66. The summed E-state index contributed by atoms with van der Waals surface area (Å²) in [5.74, 6) is -0.0285. The maximum Gasteiger partial charge on any atom is 0.248 e. The van der Waals surface area contributed by atoms with Gasteiger partial charge in [0.2, 0.25) is 5.91 Å². The van der Waals surface area contributed by atoms with E-state index in [9.17, 15) is 9.90 Å². The fourth-order valence-corrected chi connectivity index (χ4v) is 1.56. The monoisotopic (exact) mass is 246 g/mol. The van der Waals surface area contributed by atoms with Gasteiger partial charge in [0.25, 0.3) is 0 Å². The van der Waals surface area contributed by atoms with Crippen molar-refractivity contribution in [2.45, 2.75) is 6.54 Å². The van der Waals surface area contributed by atoms with Gasteiger partial charge in [0.1, 0.15) is 12.3 Å². The molecular formula is C12H14N4O2. The van der Waals surface area contributed by atoms with Crippen LogP contribution in [0.1, 0.15) is 0 Å². The van der Waals surface area contributed by atoms with Gasteiger partial charge in [-0.25, -0.2) is 0 Å². The predicted octanol–water partition coefficient (Wildman–Crippen LogP) is 0.834. The molecule has 18 heavy (non-hydrogen) atoms. The molecule has 0 saturated heterocycles. The molecule has 0 aliphatic carbocycles. The van der Waals surface area contributed by atoms with E-state index in [1.165, 1.54) is 21.8 Å². The number of nitrogen functional groups attached to an aromatic ring is 1. The number of hydrogen-bond donors (Lipinski definition) is 2. The zero-order valence-electron chi connectivity index (χ0n) is 9.95. The third-order valence-electron chi connectivity index (χ3n) is 2.54. The van der Waals surface area contributed by atoms with Crippen molar-refractivity contribution in [3.8, 4) is 5.75 Å². The zero-order valence-corrected chi connectivity index (χ0v) is 9.95. The zero-order chi connectivity index (χ0) is 13.1. The van der Waals surface area contributed by atoms with Gasteiger partial charge in [-0.05, 0) is 12.1 Å². The summed E-state index contributed by atoms with van der Waals surface area (Å²) in [4.78, 5) is 13.4. The molecular weight excluding hydrogens is 232 g/mol. The van der Waals surface area contributed by atoms with Gasteiger partial charge >= 0.3 is 0 Å². The molecule has 1 aromatic carbocycles. The number of nitrogens with two attached hydrogens (primary N) is 1. The van der Waals surface area contributed by atoms with Crippen molar-refractivity contribution >= 4 is 17.3 Å². The van der Waals surface area contributed by atoms with Gasteiger partial charge in [-0.3, -0.25) is 9.48 Å². The standard InChI is InChI=1S/C12H14N4O2/c1-15(10-3-2-4-11(17)5-10)12(18)8-16-7-9(13)6-14-16/h2-7,17H,8,13H2,1H3. The molecule has 0 aliphatic heterocycles. The minimum atomic E-state index is -0.149. The molecule has 1 aromatic heterocycles. The number of aromatic nitrogens is 2. The molecule has 0 saturated carbocycles. The Morgan fingerprint density at radius 3 is 2.94 bits per heavy atom. The summed E-state index contributed by atoms with van der Waals surface area (Å²) in [5, 5.41) is 13.3. The van der Waals surface area contributed by atoms with Crippen molar-refractivity contribution in [1.82, 2.24) is 9.78 Å². The van der Waals surface area contributed by atoms with E-state index >= 15 is 0 Å². The molecule has 2 rings (SSSR count). The highest BCUT2D eigenvalue weighted by atomic mass is 16.3. The quantitative estimate of drug-likeness (QED) is 0.840. The van der Waals surface area contributed by atoms with Crippen LogP contribution in [0.15, 0.2) is 36.7 Å². The Hall–Kier alpha value is -2.50. The maximum absolute atomic E-state index is 12.0. The van der Waals surface area contributed by atoms with Gasteiger partial charge in [0.15, 0.2) is 0 Å². The van der Waals surface area contributed by atoms with Crippen LogP contribution in [0.2, 0.25) is 0 Å². The number of rotatable bonds is 3. The first-order chi connectivity index (χ1) is 8.56. The Balaban J connectivity index is 2.09. The Morgan fingerprint density at radius 2 is 2.33 bits per heavy atom. The number of phenolic OH excluding ortho intramolecular Hbond substituents is 1. The summed E-state index contributed by atoms with van der Waals surface area (Å²) >= 11 is 0. The van der Waals surface area contributed by atoms with Gasteiger partial charge < -0.3 is 15.7 Å². The molecule has 6 heteroatoms. The molecule has 0 atom stereocenters. The number of carbonyl (C=O) groups is 1. The Kier molecular flexibility index (Phi) is 3.18. The number of anilines is 2. The number of phenols is 1. The van der Waals surface area contributed by atoms with E-state index in [1.807, 2.05) is 0 Å². The first-order valence-corrected chi connectivity index (χ1v) is 5.40. The molecule has 6 nitrogen and oxygen atoms in total. The smallest absolute Gasteiger partial charge is 0.248 e. The van der Waals surface area contributed by atoms with E-state index in [4.69, 9.17) is 5.73 Å². The summed E-state index contributed by atoms with van der Waals surface area (Å²) in [7, 11) is 1.64. The Morgan fingerprint density at radius 1 is 1.56 bits per heavy atom. The Bertz CT molecular complexity index is 565. The molecule has 0 spiro atoms. The number of nitrogens with zero attached hydrogens (tertiary/aromatic N) is 3. The van der Waals surface area contributed by atoms with E-state index in [2.05, 4.69) is 5.10 Å². The third kappa shape index (κ3) is 2.60. The van der Waals surface area contributed by atoms with Crippen LogP contribution < -0.4 is 10.6 Å². The average Bonchev–Trinajstić information content (AvgIpc) is 2.73. The second-order valence-corrected chi connectivity index (χ2v) is 3.94. The van der Waals surface area contributed by atoms with E-state index in [1.54, 1.807) is 31.4 Å². The van der Waals surface area contributed by atoms with Crippen molar-refractivity contribution in [3.05, 3.63) is 36.7 Å². The lowest BCUT2D eigenvalue weighted by molar-refractivity contribution is -0.119. The fraction of sp³-hybridized carbons (Fsp3) is 0.167. The van der Waals surface area contributed by atoms with Crippen molar-refractivity contribution in [2.75, 3.05) is 17.7 Å². The van der Waals surface area contributed by atoms with Gasteiger partial charge in [-0.1, -0.05) is 6.07 Å². The van der Waals surface area contributed by atoms with Crippen LogP contribution in [0.3, 0.4) is 0 Å². The number of likely N-dealkylation sites (N-methyl/N-ethyl adjacent to an activating group) is 1. The molecule has 2 aromatic rings. The molecule has 0 fully saturated rings. The van der Waals surface area contributed by atoms with Crippen LogP contribution in [0.5, 0.6) is 5.75 Å². The second-order valence-electron chi connectivity index (χ2n) is 3.94. The minimum absolute atomic E-state index is 0.101. The van der Waals surface area contributed by atoms with Gasteiger partial charge in [-0.15, -0.1) is 0 Å².